The number of nitrogens with zero attached hydrogens (tertiary/aromatic N) is 4. The first-order chi connectivity index (χ1) is 12.1. The molecule has 0 radical (unpaired) electrons. The average molecular weight is 351 g/mol. The van der Waals surface area contributed by atoms with Gasteiger partial charge in [-0.15, -0.1) is 0 Å². The molecule has 10 heteroatoms. The summed E-state index contributed by atoms with van der Waals surface area (Å²) in [7, 11) is 0. The molecule has 1 aliphatic heterocycles. The minimum Gasteiger partial charge on any atom is -0.394 e. The standard InChI is InChI=1S/C15H21N5O5/c1-8(4-21)2-3-16-13-10-14(18-6-17-13)20(7-19-10)15-12(24)11(23)9(5-22)25-15/h2,6-7,9,11-12,15,21-24H,3-5H2,1H3,(H,16,17,18)/b8-2-/t9-,11+,12+,15+/m0/s1. The van der Waals surface area contributed by atoms with Crippen molar-refractivity contribution in [2.75, 3.05) is 25.1 Å². The molecule has 0 bridgehead atoms. The maximum absolute atomic E-state index is 10.2. The van der Waals surface area contributed by atoms with Crippen LogP contribution in [0.1, 0.15) is 13.2 Å². The van der Waals surface area contributed by atoms with Gasteiger partial charge in [0.05, 0.1) is 19.5 Å². The third kappa shape index (κ3) is 3.34. The summed E-state index contributed by atoms with van der Waals surface area (Å²) in [6, 6.07) is 0. The molecule has 5 N–H and O–H groups in total. The van der Waals surface area contributed by atoms with Crippen molar-refractivity contribution in [1.82, 2.24) is 19.5 Å². The first kappa shape index (κ1) is 17.7. The van der Waals surface area contributed by atoms with Gasteiger partial charge < -0.3 is 30.5 Å². The molecule has 1 saturated heterocycles. The number of rotatable bonds is 6. The summed E-state index contributed by atoms with van der Waals surface area (Å²) in [5.74, 6) is 0.498. The first-order valence-corrected chi connectivity index (χ1v) is 7.87. The minimum absolute atomic E-state index is 0.0131. The quantitative estimate of drug-likeness (QED) is 0.404. The number of hydrogen-bond donors (Lipinski definition) is 5. The molecule has 2 aromatic heterocycles. The van der Waals surface area contributed by atoms with E-state index in [1.807, 2.05) is 13.0 Å². The van der Waals surface area contributed by atoms with E-state index in [1.165, 1.54) is 17.2 Å². The van der Waals surface area contributed by atoms with Gasteiger partial charge in [-0.1, -0.05) is 11.6 Å². The molecule has 2 aromatic rings. The van der Waals surface area contributed by atoms with E-state index < -0.39 is 31.1 Å². The molecule has 3 rings (SSSR count). The third-order valence-electron chi connectivity index (χ3n) is 4.12. The van der Waals surface area contributed by atoms with E-state index in [4.69, 9.17) is 9.84 Å². The molecule has 0 aromatic carbocycles. The molecular weight excluding hydrogens is 330 g/mol. The second-order valence-electron chi connectivity index (χ2n) is 5.86. The van der Waals surface area contributed by atoms with Crippen molar-refractivity contribution >= 4 is 17.0 Å². The van der Waals surface area contributed by atoms with E-state index in [9.17, 15) is 15.3 Å². The second-order valence-corrected chi connectivity index (χ2v) is 5.86. The summed E-state index contributed by atoms with van der Waals surface area (Å²) in [6.45, 7) is 1.85. The lowest BCUT2D eigenvalue weighted by atomic mass is 10.1. The largest absolute Gasteiger partial charge is 0.394 e. The summed E-state index contributed by atoms with van der Waals surface area (Å²) in [5, 5.41) is 41.4. The molecule has 4 atom stereocenters. The Balaban J connectivity index is 1.86. The Bertz CT molecular complexity index is 764. The lowest BCUT2D eigenvalue weighted by molar-refractivity contribution is -0.0511. The molecule has 1 fully saturated rings. The fourth-order valence-electron chi connectivity index (χ4n) is 2.66. The molecule has 25 heavy (non-hydrogen) atoms. The van der Waals surface area contributed by atoms with Crippen LogP contribution in [-0.4, -0.2) is 78.0 Å². The molecule has 0 unspecified atom stereocenters. The van der Waals surface area contributed by atoms with Gasteiger partial charge in [-0.3, -0.25) is 4.57 Å². The van der Waals surface area contributed by atoms with E-state index in [2.05, 4.69) is 20.3 Å². The minimum atomic E-state index is -1.21. The Morgan fingerprint density at radius 1 is 1.28 bits per heavy atom. The summed E-state index contributed by atoms with van der Waals surface area (Å²) >= 11 is 0. The fraction of sp³-hybridized carbons (Fsp3) is 0.533. The van der Waals surface area contributed by atoms with Crippen LogP contribution in [0.25, 0.3) is 11.2 Å². The van der Waals surface area contributed by atoms with Crippen molar-refractivity contribution in [2.24, 2.45) is 0 Å². The fourth-order valence-corrected chi connectivity index (χ4v) is 2.66. The first-order valence-electron chi connectivity index (χ1n) is 7.87. The highest BCUT2D eigenvalue weighted by Crippen LogP contribution is 2.31. The van der Waals surface area contributed by atoms with E-state index in [1.54, 1.807) is 0 Å². The highest BCUT2D eigenvalue weighted by atomic mass is 16.6. The van der Waals surface area contributed by atoms with Crippen LogP contribution < -0.4 is 5.32 Å². The maximum atomic E-state index is 10.2. The molecular formula is C15H21N5O5. The van der Waals surface area contributed by atoms with Crippen LogP contribution >= 0.6 is 0 Å². The summed E-state index contributed by atoms with van der Waals surface area (Å²) in [6.07, 6.45) is 0.443. The Morgan fingerprint density at radius 2 is 2.08 bits per heavy atom. The SMILES string of the molecule is C/C(=C/CNc1ncnc2c1ncn2[C@@H]1O[C@@H](CO)[C@@H](O)[C@H]1O)CO. The van der Waals surface area contributed by atoms with Crippen molar-refractivity contribution in [3.05, 3.63) is 24.3 Å². The van der Waals surface area contributed by atoms with E-state index in [0.29, 0.717) is 23.5 Å². The van der Waals surface area contributed by atoms with Gasteiger partial charge in [0.15, 0.2) is 23.2 Å². The lowest BCUT2D eigenvalue weighted by Crippen LogP contribution is -2.33. The average Bonchev–Trinajstić information content (AvgIpc) is 3.17. The summed E-state index contributed by atoms with van der Waals surface area (Å²) in [4.78, 5) is 12.6. The Labute approximate surface area is 143 Å². The van der Waals surface area contributed by atoms with Crippen molar-refractivity contribution in [3.8, 4) is 0 Å². The Kier molecular flexibility index (Phi) is 5.25. The van der Waals surface area contributed by atoms with Gasteiger partial charge in [0.1, 0.15) is 24.6 Å². The van der Waals surface area contributed by atoms with Gasteiger partial charge in [-0.2, -0.15) is 0 Å². The van der Waals surface area contributed by atoms with Gasteiger partial charge in [0.25, 0.3) is 0 Å². The normalized spacial score (nSPS) is 27.2. The molecule has 0 spiro atoms. The van der Waals surface area contributed by atoms with Gasteiger partial charge >= 0.3 is 0 Å². The second kappa shape index (κ2) is 7.42. The van der Waals surface area contributed by atoms with Gasteiger partial charge in [-0.05, 0) is 6.92 Å². The summed E-state index contributed by atoms with van der Waals surface area (Å²) in [5.41, 5.74) is 1.74. The number of hydrogen-bond acceptors (Lipinski definition) is 9. The number of aromatic nitrogens is 4. The van der Waals surface area contributed by atoms with Gasteiger partial charge in [0, 0.05) is 6.54 Å². The molecule has 10 nitrogen and oxygen atoms in total. The highest BCUT2D eigenvalue weighted by molar-refractivity contribution is 5.82. The monoisotopic (exact) mass is 351 g/mol. The highest BCUT2D eigenvalue weighted by Gasteiger charge is 2.44. The topological polar surface area (TPSA) is 146 Å². The van der Waals surface area contributed by atoms with Crippen LogP contribution in [0.5, 0.6) is 0 Å². The Hall–Kier alpha value is -2.11. The van der Waals surface area contributed by atoms with Crippen molar-refractivity contribution < 1.29 is 25.2 Å². The zero-order valence-electron chi connectivity index (χ0n) is 13.6. The predicted molar refractivity (Wildman–Crippen MR) is 87.7 cm³/mol. The number of fused-ring (bicyclic) bond motifs is 1. The zero-order valence-corrected chi connectivity index (χ0v) is 13.6. The number of anilines is 1. The van der Waals surface area contributed by atoms with Crippen LogP contribution in [0, 0.1) is 0 Å². The maximum Gasteiger partial charge on any atom is 0.167 e. The van der Waals surface area contributed by atoms with Gasteiger partial charge in [-0.25, -0.2) is 15.0 Å². The lowest BCUT2D eigenvalue weighted by Gasteiger charge is -2.16. The number of nitrogens with one attached hydrogen (secondary N) is 1. The molecule has 3 heterocycles. The van der Waals surface area contributed by atoms with Gasteiger partial charge in [0.2, 0.25) is 0 Å². The van der Waals surface area contributed by atoms with Crippen molar-refractivity contribution in [2.45, 2.75) is 31.5 Å². The summed E-state index contributed by atoms with van der Waals surface area (Å²) < 4.78 is 7.01. The number of imidazole rings is 1. The smallest absolute Gasteiger partial charge is 0.167 e. The van der Waals surface area contributed by atoms with Crippen molar-refractivity contribution in [1.29, 1.82) is 0 Å². The predicted octanol–water partition coefficient (Wildman–Crippen LogP) is -1.21. The Morgan fingerprint density at radius 3 is 2.76 bits per heavy atom. The van der Waals surface area contributed by atoms with Crippen LogP contribution in [0.2, 0.25) is 0 Å². The van der Waals surface area contributed by atoms with Crippen LogP contribution in [0.4, 0.5) is 5.82 Å². The van der Waals surface area contributed by atoms with E-state index in [0.717, 1.165) is 5.57 Å². The molecule has 0 aliphatic carbocycles. The van der Waals surface area contributed by atoms with Crippen LogP contribution in [0.15, 0.2) is 24.3 Å². The molecule has 0 saturated carbocycles. The number of aliphatic hydroxyl groups excluding tert-OH is 4. The number of ether oxygens (including phenoxy) is 1. The van der Waals surface area contributed by atoms with E-state index >= 15 is 0 Å². The van der Waals surface area contributed by atoms with Crippen molar-refractivity contribution in [3.63, 3.8) is 0 Å². The van der Waals surface area contributed by atoms with Crippen LogP contribution in [-0.2, 0) is 4.74 Å². The third-order valence-corrected chi connectivity index (χ3v) is 4.12. The zero-order chi connectivity index (χ0) is 18.0. The number of aliphatic hydroxyl groups is 4. The molecule has 136 valence electrons. The molecule has 0 amide bonds. The van der Waals surface area contributed by atoms with E-state index in [-0.39, 0.29) is 6.61 Å². The molecule has 1 aliphatic rings. The van der Waals surface area contributed by atoms with Crippen LogP contribution in [0.3, 0.4) is 0 Å².